The highest BCUT2D eigenvalue weighted by atomic mass is 35.5. The number of carbonyl (C=O) groups is 1. The summed E-state index contributed by atoms with van der Waals surface area (Å²) in [7, 11) is 6.29. The number of alkyl halides is 1. The van der Waals surface area contributed by atoms with Crippen molar-refractivity contribution in [2.75, 3.05) is 39.6 Å². The van der Waals surface area contributed by atoms with Gasteiger partial charge in [-0.15, -0.1) is 11.6 Å². The number of hydrogen-bond acceptors (Lipinski definition) is 6. The van der Waals surface area contributed by atoms with E-state index in [1.807, 2.05) is 24.3 Å². The smallest absolute Gasteiger partial charge is 0.239 e. The highest BCUT2D eigenvalue weighted by Crippen LogP contribution is 2.37. The highest BCUT2D eigenvalue weighted by Gasteiger charge is 2.16. The molecule has 0 bridgehead atoms. The van der Waals surface area contributed by atoms with E-state index in [1.165, 1.54) is 7.11 Å². The molecule has 0 spiro atoms. The van der Waals surface area contributed by atoms with E-state index in [2.05, 4.69) is 10.3 Å². The molecule has 3 rings (SSSR count). The van der Waals surface area contributed by atoms with Crippen molar-refractivity contribution in [3.05, 3.63) is 47.8 Å². The predicted octanol–water partition coefficient (Wildman–Crippen LogP) is 1.04. The summed E-state index contributed by atoms with van der Waals surface area (Å²) in [6.07, 6.45) is 2.17. The SMILES string of the molecule is COc1cc(Cc2nccc3cc(OC)c(OC)cc23)c(NC(=O)CCl)cc1OC.[Cl-]. The molecular weight excluding hydrogens is 443 g/mol. The van der Waals surface area contributed by atoms with Crippen LogP contribution in [0.3, 0.4) is 0 Å². The molecule has 7 nitrogen and oxygen atoms in total. The van der Waals surface area contributed by atoms with Gasteiger partial charge < -0.3 is 36.7 Å². The summed E-state index contributed by atoms with van der Waals surface area (Å²) in [5.74, 6) is 1.84. The second-order valence-electron chi connectivity index (χ2n) is 6.41. The quantitative estimate of drug-likeness (QED) is 0.500. The molecule has 31 heavy (non-hydrogen) atoms. The first-order valence-corrected chi connectivity index (χ1v) is 9.68. The number of benzene rings is 2. The summed E-state index contributed by atoms with van der Waals surface area (Å²) in [5.41, 5.74) is 2.19. The molecule has 0 radical (unpaired) electrons. The van der Waals surface area contributed by atoms with E-state index >= 15 is 0 Å². The van der Waals surface area contributed by atoms with E-state index in [0.29, 0.717) is 35.1 Å². The molecule has 0 atom stereocenters. The molecule has 0 saturated heterocycles. The summed E-state index contributed by atoms with van der Waals surface area (Å²) < 4.78 is 21.6. The molecule has 9 heteroatoms. The third kappa shape index (κ3) is 5.24. The number of carbonyl (C=O) groups excluding carboxylic acids is 1. The Kier molecular flexibility index (Phi) is 8.59. The van der Waals surface area contributed by atoms with E-state index in [0.717, 1.165) is 22.0 Å². The van der Waals surface area contributed by atoms with Crippen molar-refractivity contribution in [1.29, 1.82) is 0 Å². The number of halogens is 2. The fourth-order valence-electron chi connectivity index (χ4n) is 3.25. The number of aromatic nitrogens is 1. The molecule has 1 aromatic heterocycles. The molecule has 166 valence electrons. The van der Waals surface area contributed by atoms with E-state index in [9.17, 15) is 4.79 Å². The Morgan fingerprint density at radius 3 is 2.13 bits per heavy atom. The number of nitrogens with one attached hydrogen (secondary N) is 1. The van der Waals surface area contributed by atoms with E-state index in [1.54, 1.807) is 33.6 Å². The highest BCUT2D eigenvalue weighted by molar-refractivity contribution is 6.29. The van der Waals surface area contributed by atoms with Crippen molar-refractivity contribution in [1.82, 2.24) is 4.98 Å². The summed E-state index contributed by atoms with van der Waals surface area (Å²) >= 11 is 5.68. The van der Waals surface area contributed by atoms with Crippen LogP contribution in [0.5, 0.6) is 23.0 Å². The largest absolute Gasteiger partial charge is 1.00 e. The number of pyridine rings is 1. The first-order chi connectivity index (χ1) is 14.5. The number of ether oxygens (including phenoxy) is 4. The van der Waals surface area contributed by atoms with Crippen molar-refractivity contribution in [3.63, 3.8) is 0 Å². The maximum Gasteiger partial charge on any atom is 0.239 e. The first kappa shape index (κ1) is 24.4. The van der Waals surface area contributed by atoms with Gasteiger partial charge in [-0.2, -0.15) is 0 Å². The third-order valence-corrected chi connectivity index (χ3v) is 4.96. The summed E-state index contributed by atoms with van der Waals surface area (Å²) in [6.45, 7) is 0. The molecule has 0 aliphatic rings. The lowest BCUT2D eigenvalue weighted by atomic mass is 10.0. The fourth-order valence-corrected chi connectivity index (χ4v) is 3.31. The first-order valence-electron chi connectivity index (χ1n) is 9.14. The lowest BCUT2D eigenvalue weighted by molar-refractivity contribution is -0.113. The van der Waals surface area contributed by atoms with Crippen molar-refractivity contribution in [2.45, 2.75) is 6.42 Å². The summed E-state index contributed by atoms with van der Waals surface area (Å²) in [5, 5.41) is 4.70. The monoisotopic (exact) mass is 465 g/mol. The zero-order valence-corrected chi connectivity index (χ0v) is 19.1. The molecule has 2 aromatic carbocycles. The van der Waals surface area contributed by atoms with Crippen LogP contribution in [0.25, 0.3) is 10.8 Å². The molecule has 0 aliphatic heterocycles. The molecule has 0 aliphatic carbocycles. The second kappa shape index (κ2) is 10.9. The lowest BCUT2D eigenvalue weighted by Crippen LogP contribution is -3.00. The van der Waals surface area contributed by atoms with E-state index in [4.69, 9.17) is 30.5 Å². The molecule has 0 unspecified atom stereocenters. The Bertz CT molecular complexity index is 1080. The zero-order valence-electron chi connectivity index (χ0n) is 17.6. The maximum atomic E-state index is 11.9. The van der Waals surface area contributed by atoms with Crippen LogP contribution >= 0.6 is 11.6 Å². The van der Waals surface area contributed by atoms with Gasteiger partial charge in [-0.3, -0.25) is 9.78 Å². The topological polar surface area (TPSA) is 78.9 Å². The average molecular weight is 466 g/mol. The van der Waals surface area contributed by atoms with Crippen LogP contribution in [0.2, 0.25) is 0 Å². The predicted molar refractivity (Wildman–Crippen MR) is 117 cm³/mol. The average Bonchev–Trinajstić information content (AvgIpc) is 2.78. The van der Waals surface area contributed by atoms with Crippen molar-refractivity contribution < 1.29 is 36.1 Å². The third-order valence-electron chi connectivity index (χ3n) is 4.71. The van der Waals surface area contributed by atoms with Crippen LogP contribution in [0.1, 0.15) is 11.3 Å². The van der Waals surface area contributed by atoms with Gasteiger partial charge in [-0.25, -0.2) is 0 Å². The van der Waals surface area contributed by atoms with Crippen molar-refractivity contribution >= 4 is 34.0 Å². The standard InChI is InChI=1S/C22H23ClN2O5.ClH/c1-27-18-8-13-5-6-24-17(15(13)10-20(18)29-3)7-14-9-19(28-2)21(30-4)11-16(14)25-22(26)12-23;/h5-6,8-11H,7,12H2,1-4H3,(H,25,26);1H/p-1. The van der Waals surface area contributed by atoms with E-state index in [-0.39, 0.29) is 24.2 Å². The molecule has 1 heterocycles. The number of methoxy groups -OCH3 is 4. The van der Waals surface area contributed by atoms with Gasteiger partial charge in [-0.1, -0.05) is 0 Å². The van der Waals surface area contributed by atoms with Gasteiger partial charge in [0.05, 0.1) is 34.1 Å². The fraction of sp³-hybridized carbons (Fsp3) is 0.273. The number of nitrogens with zero attached hydrogens (tertiary/aromatic N) is 1. The van der Waals surface area contributed by atoms with Gasteiger partial charge in [0, 0.05) is 29.8 Å². The Hall–Kier alpha value is -2.90. The number of amides is 1. The van der Waals surface area contributed by atoms with Gasteiger partial charge in [-0.05, 0) is 35.2 Å². The minimum atomic E-state index is -0.317. The second-order valence-corrected chi connectivity index (χ2v) is 6.68. The zero-order chi connectivity index (χ0) is 21.7. The van der Waals surface area contributed by atoms with Crippen molar-refractivity contribution in [3.8, 4) is 23.0 Å². The van der Waals surface area contributed by atoms with Gasteiger partial charge in [0.25, 0.3) is 0 Å². The molecule has 0 fully saturated rings. The van der Waals surface area contributed by atoms with Crippen LogP contribution in [0.4, 0.5) is 5.69 Å². The molecular formula is C22H23Cl2N2O5-. The number of rotatable bonds is 8. The summed E-state index contributed by atoms with van der Waals surface area (Å²) in [4.78, 5) is 16.5. The van der Waals surface area contributed by atoms with Crippen LogP contribution in [0.15, 0.2) is 36.5 Å². The van der Waals surface area contributed by atoms with Gasteiger partial charge in [0.15, 0.2) is 23.0 Å². The Labute approximate surface area is 192 Å². The number of hydrogen-bond donors (Lipinski definition) is 1. The minimum absolute atomic E-state index is 0. The van der Waals surface area contributed by atoms with Crippen LogP contribution < -0.4 is 36.7 Å². The molecule has 1 N–H and O–H groups in total. The van der Waals surface area contributed by atoms with E-state index < -0.39 is 0 Å². The van der Waals surface area contributed by atoms with Crippen LogP contribution in [-0.4, -0.2) is 45.2 Å². The van der Waals surface area contributed by atoms with Crippen LogP contribution in [0, 0.1) is 0 Å². The van der Waals surface area contributed by atoms with Crippen LogP contribution in [-0.2, 0) is 11.2 Å². The molecule has 3 aromatic rings. The van der Waals surface area contributed by atoms with Gasteiger partial charge in [0.1, 0.15) is 5.88 Å². The number of anilines is 1. The normalized spacial score (nSPS) is 10.2. The maximum absolute atomic E-state index is 11.9. The Morgan fingerprint density at radius 2 is 1.52 bits per heavy atom. The summed E-state index contributed by atoms with van der Waals surface area (Å²) in [6, 6.07) is 9.25. The lowest BCUT2D eigenvalue weighted by Gasteiger charge is -2.16. The van der Waals surface area contributed by atoms with Gasteiger partial charge in [0.2, 0.25) is 5.91 Å². The van der Waals surface area contributed by atoms with Crippen molar-refractivity contribution in [2.24, 2.45) is 0 Å². The Balaban J connectivity index is 0.00000341. The molecule has 1 amide bonds. The van der Waals surface area contributed by atoms with Gasteiger partial charge >= 0.3 is 0 Å². The minimum Gasteiger partial charge on any atom is -1.00 e. The molecule has 0 saturated carbocycles. The number of fused-ring (bicyclic) bond motifs is 1. The Morgan fingerprint density at radius 1 is 0.935 bits per heavy atom.